The van der Waals surface area contributed by atoms with E-state index in [2.05, 4.69) is 9.72 Å². The van der Waals surface area contributed by atoms with Gasteiger partial charge < -0.3 is 9.15 Å². The minimum atomic E-state index is -0.628. The highest BCUT2D eigenvalue weighted by Crippen LogP contribution is 2.23. The monoisotopic (exact) mass is 320 g/mol. The number of rotatable bonds is 5. The minimum absolute atomic E-state index is 0.0658. The Morgan fingerprint density at radius 2 is 2.13 bits per heavy atom. The normalized spacial score (nSPS) is 10.7. The van der Waals surface area contributed by atoms with Gasteiger partial charge in [0.05, 0.1) is 7.11 Å². The number of carbonyl (C=O) groups excluding carboxylic acids is 2. The minimum Gasteiger partial charge on any atom is -0.468 e. The third-order valence-corrected chi connectivity index (χ3v) is 3.20. The Morgan fingerprint density at radius 1 is 1.39 bits per heavy atom. The lowest BCUT2D eigenvalue weighted by atomic mass is 10.1. The second-order valence-electron chi connectivity index (χ2n) is 5.17. The Hall–Kier alpha value is -2.70. The van der Waals surface area contributed by atoms with E-state index in [9.17, 15) is 14.0 Å². The van der Waals surface area contributed by atoms with Gasteiger partial charge in [-0.3, -0.25) is 14.5 Å². The topological polar surface area (TPSA) is 72.6 Å². The van der Waals surface area contributed by atoms with Crippen LogP contribution in [0, 0.1) is 5.82 Å². The molecule has 2 aromatic rings. The fraction of sp³-hybridized carbons (Fsp3) is 0.312. The smallest absolute Gasteiger partial charge is 0.325 e. The average molecular weight is 320 g/mol. The fourth-order valence-electron chi connectivity index (χ4n) is 2.07. The van der Waals surface area contributed by atoms with Crippen LogP contribution in [0.25, 0.3) is 0 Å². The average Bonchev–Trinajstić information content (AvgIpc) is 3.01. The van der Waals surface area contributed by atoms with Crippen LogP contribution < -0.4 is 4.90 Å². The summed E-state index contributed by atoms with van der Waals surface area (Å²) in [5.41, 5.74) is 0.325. The lowest BCUT2D eigenvalue weighted by Crippen LogP contribution is -2.37. The van der Waals surface area contributed by atoms with Gasteiger partial charge in [0.1, 0.15) is 18.1 Å². The van der Waals surface area contributed by atoms with Crippen LogP contribution in [0.4, 0.5) is 10.1 Å². The number of benzene rings is 1. The van der Waals surface area contributed by atoms with Crippen molar-refractivity contribution < 1.29 is 23.1 Å². The summed E-state index contributed by atoms with van der Waals surface area (Å²) in [6.45, 7) is 3.34. The first kappa shape index (κ1) is 16.7. The number of nitrogens with zero attached hydrogens (tertiary/aromatic N) is 2. The molecule has 0 radical (unpaired) electrons. The van der Waals surface area contributed by atoms with Crippen molar-refractivity contribution in [2.45, 2.75) is 19.8 Å². The first-order valence-electron chi connectivity index (χ1n) is 7.01. The molecule has 0 saturated carbocycles. The van der Waals surface area contributed by atoms with Gasteiger partial charge in [-0.15, -0.1) is 0 Å². The fourth-order valence-corrected chi connectivity index (χ4v) is 2.07. The van der Waals surface area contributed by atoms with Crippen molar-refractivity contribution in [3.8, 4) is 0 Å². The van der Waals surface area contributed by atoms with Gasteiger partial charge in [-0.2, -0.15) is 0 Å². The molecule has 0 unspecified atom stereocenters. The Kier molecular flexibility index (Phi) is 5.10. The van der Waals surface area contributed by atoms with Crippen LogP contribution in [0.5, 0.6) is 0 Å². The summed E-state index contributed by atoms with van der Waals surface area (Å²) >= 11 is 0. The summed E-state index contributed by atoms with van der Waals surface area (Å²) < 4.78 is 23.3. The predicted octanol–water partition coefficient (Wildman–Crippen LogP) is 2.76. The van der Waals surface area contributed by atoms with Gasteiger partial charge in [-0.25, -0.2) is 9.37 Å². The first-order valence-corrected chi connectivity index (χ1v) is 7.01. The molecule has 0 N–H and O–H groups in total. The number of hydrogen-bond donors (Lipinski definition) is 0. The van der Waals surface area contributed by atoms with Crippen molar-refractivity contribution in [1.82, 2.24) is 4.98 Å². The Bertz CT molecular complexity index is 712. The van der Waals surface area contributed by atoms with Gasteiger partial charge in [0.15, 0.2) is 12.1 Å². The summed E-state index contributed by atoms with van der Waals surface area (Å²) in [6.07, 6.45) is 1.17. The summed E-state index contributed by atoms with van der Waals surface area (Å²) in [5.74, 6) is -1.37. The highest BCUT2D eigenvalue weighted by atomic mass is 19.1. The second kappa shape index (κ2) is 7.04. The molecule has 0 aliphatic rings. The van der Waals surface area contributed by atoms with Crippen molar-refractivity contribution in [1.29, 1.82) is 0 Å². The zero-order valence-electron chi connectivity index (χ0n) is 13.1. The van der Waals surface area contributed by atoms with Crippen molar-refractivity contribution >= 4 is 17.6 Å². The van der Waals surface area contributed by atoms with Gasteiger partial charge >= 0.3 is 5.97 Å². The van der Waals surface area contributed by atoms with Crippen molar-refractivity contribution in [3.63, 3.8) is 0 Å². The predicted molar refractivity (Wildman–Crippen MR) is 80.7 cm³/mol. The number of methoxy groups -OCH3 is 1. The first-order chi connectivity index (χ1) is 10.9. The zero-order valence-corrected chi connectivity index (χ0v) is 13.1. The van der Waals surface area contributed by atoms with E-state index >= 15 is 0 Å². The van der Waals surface area contributed by atoms with E-state index in [1.54, 1.807) is 0 Å². The molecule has 122 valence electrons. The molecule has 0 aliphatic heterocycles. The van der Waals surface area contributed by atoms with Crippen LogP contribution in [0.2, 0.25) is 0 Å². The van der Waals surface area contributed by atoms with Gasteiger partial charge in [-0.05, 0) is 18.2 Å². The molecule has 1 amide bonds. The summed E-state index contributed by atoms with van der Waals surface area (Å²) in [5, 5.41) is 0. The molecule has 7 heteroatoms. The molecule has 0 bridgehead atoms. The van der Waals surface area contributed by atoms with Gasteiger partial charge in [0.25, 0.3) is 5.91 Å². The standard InChI is InChI=1S/C16H17FN2O4/c1-10(2)15-14(18-9-23-15)16(21)19(8-13(20)22-3)12-6-4-5-11(17)7-12/h4-7,9-10H,8H2,1-3H3. The van der Waals surface area contributed by atoms with Crippen LogP contribution >= 0.6 is 0 Å². The summed E-state index contributed by atoms with van der Waals surface area (Å²) in [7, 11) is 1.21. The molecule has 1 aromatic carbocycles. The lowest BCUT2D eigenvalue weighted by Gasteiger charge is -2.21. The van der Waals surface area contributed by atoms with E-state index in [0.717, 1.165) is 11.0 Å². The van der Waals surface area contributed by atoms with Crippen molar-refractivity contribution in [2.24, 2.45) is 0 Å². The molecule has 23 heavy (non-hydrogen) atoms. The van der Waals surface area contributed by atoms with Crippen LogP contribution in [-0.2, 0) is 9.53 Å². The van der Waals surface area contributed by atoms with Crippen LogP contribution in [0.1, 0.15) is 36.0 Å². The van der Waals surface area contributed by atoms with Crippen LogP contribution in [0.15, 0.2) is 35.1 Å². The molecule has 6 nitrogen and oxygen atoms in total. The number of aromatic nitrogens is 1. The summed E-state index contributed by atoms with van der Waals surface area (Å²) in [4.78, 5) is 29.4. The van der Waals surface area contributed by atoms with E-state index in [-0.39, 0.29) is 23.8 Å². The Labute approximate surface area is 132 Å². The van der Waals surface area contributed by atoms with Crippen molar-refractivity contribution in [3.05, 3.63) is 47.9 Å². The molecular weight excluding hydrogens is 303 g/mol. The van der Waals surface area contributed by atoms with E-state index in [4.69, 9.17) is 4.42 Å². The van der Waals surface area contributed by atoms with E-state index in [0.29, 0.717) is 5.76 Å². The third kappa shape index (κ3) is 3.74. The molecular formula is C16H17FN2O4. The SMILES string of the molecule is COC(=O)CN(C(=O)c1ncoc1C(C)C)c1cccc(F)c1. The number of oxazole rings is 1. The lowest BCUT2D eigenvalue weighted by molar-refractivity contribution is -0.138. The van der Waals surface area contributed by atoms with E-state index < -0.39 is 17.7 Å². The van der Waals surface area contributed by atoms with Gasteiger partial charge in [-0.1, -0.05) is 19.9 Å². The number of halogens is 1. The number of carbonyl (C=O) groups is 2. The highest BCUT2D eigenvalue weighted by molar-refractivity contribution is 6.07. The Morgan fingerprint density at radius 3 is 2.74 bits per heavy atom. The number of esters is 1. The number of ether oxygens (including phenoxy) is 1. The highest BCUT2D eigenvalue weighted by Gasteiger charge is 2.27. The number of amides is 1. The number of anilines is 1. The van der Waals surface area contributed by atoms with E-state index in [1.165, 1.54) is 31.7 Å². The maximum Gasteiger partial charge on any atom is 0.325 e. The van der Waals surface area contributed by atoms with Crippen molar-refractivity contribution in [2.75, 3.05) is 18.6 Å². The maximum absolute atomic E-state index is 13.5. The molecule has 0 spiro atoms. The van der Waals surface area contributed by atoms with Gasteiger partial charge in [0, 0.05) is 11.6 Å². The third-order valence-electron chi connectivity index (χ3n) is 3.20. The maximum atomic E-state index is 13.5. The quantitative estimate of drug-likeness (QED) is 0.792. The molecule has 0 aliphatic carbocycles. The molecule has 1 heterocycles. The van der Waals surface area contributed by atoms with Gasteiger partial charge in [0.2, 0.25) is 0 Å². The molecule has 0 saturated heterocycles. The number of hydrogen-bond acceptors (Lipinski definition) is 5. The van der Waals surface area contributed by atoms with Crippen LogP contribution in [-0.4, -0.2) is 30.5 Å². The molecule has 2 rings (SSSR count). The van der Waals surface area contributed by atoms with E-state index in [1.807, 2.05) is 13.8 Å². The molecule has 0 fully saturated rings. The zero-order chi connectivity index (χ0) is 17.0. The Balaban J connectivity index is 2.42. The molecule has 0 atom stereocenters. The summed E-state index contributed by atoms with van der Waals surface area (Å²) in [6, 6.07) is 5.39. The largest absolute Gasteiger partial charge is 0.468 e. The molecule has 1 aromatic heterocycles. The van der Waals surface area contributed by atoms with Crippen LogP contribution in [0.3, 0.4) is 0 Å². The second-order valence-corrected chi connectivity index (χ2v) is 5.17.